The van der Waals surface area contributed by atoms with E-state index in [1.165, 1.54) is 0 Å². The number of hydrogen-bond acceptors (Lipinski definition) is 3. The van der Waals surface area contributed by atoms with Gasteiger partial charge < -0.3 is 14.9 Å². The van der Waals surface area contributed by atoms with Crippen LogP contribution in [0.15, 0.2) is 24.8 Å². The van der Waals surface area contributed by atoms with E-state index in [1.54, 1.807) is 6.20 Å². The van der Waals surface area contributed by atoms with E-state index in [0.717, 1.165) is 24.7 Å². The Morgan fingerprint density at radius 2 is 1.80 bits per heavy atom. The minimum Gasteiger partial charge on any atom is -0.334 e. The zero-order valence-electron chi connectivity index (χ0n) is 8.80. The fourth-order valence-electron chi connectivity index (χ4n) is 1.61. The van der Waals surface area contributed by atoms with Crippen LogP contribution in [0.25, 0.3) is 0 Å². The maximum Gasteiger partial charge on any atom is 0.128 e. The van der Waals surface area contributed by atoms with Crippen LogP contribution in [-0.2, 0) is 19.6 Å². The van der Waals surface area contributed by atoms with Crippen LogP contribution in [-0.4, -0.2) is 19.1 Å². The number of rotatable bonds is 4. The molecule has 0 saturated carbocycles. The van der Waals surface area contributed by atoms with Gasteiger partial charge >= 0.3 is 0 Å². The first-order valence-corrected chi connectivity index (χ1v) is 5.05. The van der Waals surface area contributed by atoms with Crippen LogP contribution in [0.3, 0.4) is 0 Å². The Morgan fingerprint density at radius 1 is 1.13 bits per heavy atom. The summed E-state index contributed by atoms with van der Waals surface area (Å²) in [6.07, 6.45) is 7.49. The van der Waals surface area contributed by atoms with Crippen LogP contribution in [0, 0.1) is 0 Å². The summed E-state index contributed by atoms with van der Waals surface area (Å²) >= 11 is 0. The molecule has 80 valence electrons. The summed E-state index contributed by atoms with van der Waals surface area (Å²) in [5, 5.41) is 0. The number of hydrogen-bond donors (Lipinski definition) is 1. The molecule has 0 spiro atoms. The zero-order valence-corrected chi connectivity index (χ0v) is 8.80. The highest BCUT2D eigenvalue weighted by Gasteiger charge is 2.05. The van der Waals surface area contributed by atoms with E-state index in [2.05, 4.69) is 21.5 Å². The molecule has 0 aliphatic carbocycles. The summed E-state index contributed by atoms with van der Waals surface area (Å²) in [5.41, 5.74) is 5.58. The van der Waals surface area contributed by atoms with Gasteiger partial charge in [0.1, 0.15) is 11.6 Å². The van der Waals surface area contributed by atoms with Gasteiger partial charge in [-0.1, -0.05) is 0 Å². The first-order valence-electron chi connectivity index (χ1n) is 5.05. The Kier molecular flexibility index (Phi) is 2.82. The number of nitrogens with two attached hydrogens (primary N) is 1. The highest BCUT2D eigenvalue weighted by atomic mass is 15.1. The largest absolute Gasteiger partial charge is 0.334 e. The fraction of sp³-hybridized carbons (Fsp3) is 0.400. The van der Waals surface area contributed by atoms with Crippen molar-refractivity contribution >= 4 is 0 Å². The summed E-state index contributed by atoms with van der Waals surface area (Å²) in [5.74, 6) is 1.92. The lowest BCUT2D eigenvalue weighted by atomic mass is 10.5. The second-order valence-corrected chi connectivity index (χ2v) is 3.30. The van der Waals surface area contributed by atoms with Crippen molar-refractivity contribution in [3.8, 4) is 0 Å². The van der Waals surface area contributed by atoms with Crippen LogP contribution in [0.2, 0.25) is 0 Å². The first-order chi connectivity index (χ1) is 7.35. The van der Waals surface area contributed by atoms with Crippen LogP contribution in [0.5, 0.6) is 0 Å². The number of nitrogens with zero attached hydrogens (tertiary/aromatic N) is 4. The van der Waals surface area contributed by atoms with Gasteiger partial charge in [-0.05, 0) is 6.92 Å². The minimum absolute atomic E-state index is 0.458. The summed E-state index contributed by atoms with van der Waals surface area (Å²) in [6, 6.07) is 0. The monoisotopic (exact) mass is 205 g/mol. The molecule has 2 rings (SSSR count). The lowest BCUT2D eigenvalue weighted by Crippen LogP contribution is -2.12. The predicted octanol–water partition coefficient (Wildman–Crippen LogP) is 0.606. The predicted molar refractivity (Wildman–Crippen MR) is 57.1 cm³/mol. The smallest absolute Gasteiger partial charge is 0.128 e. The summed E-state index contributed by atoms with van der Waals surface area (Å²) in [6.45, 7) is 4.22. The summed E-state index contributed by atoms with van der Waals surface area (Å²) < 4.78 is 4.13. The molecular formula is C10H15N5. The molecule has 0 aromatic carbocycles. The second-order valence-electron chi connectivity index (χ2n) is 3.30. The molecule has 5 heteroatoms. The van der Waals surface area contributed by atoms with E-state index in [9.17, 15) is 0 Å². The van der Waals surface area contributed by atoms with Gasteiger partial charge in [-0.2, -0.15) is 0 Å². The van der Waals surface area contributed by atoms with Gasteiger partial charge in [-0.25, -0.2) is 9.97 Å². The molecule has 0 saturated heterocycles. The lowest BCUT2D eigenvalue weighted by Gasteiger charge is -2.07. The Hall–Kier alpha value is -1.62. The van der Waals surface area contributed by atoms with Gasteiger partial charge in [0, 0.05) is 31.3 Å². The van der Waals surface area contributed by atoms with Crippen molar-refractivity contribution in [2.45, 2.75) is 26.6 Å². The van der Waals surface area contributed by atoms with E-state index in [-0.39, 0.29) is 0 Å². The van der Waals surface area contributed by atoms with E-state index in [1.807, 2.05) is 23.2 Å². The first kappa shape index (κ1) is 9.92. The molecule has 0 radical (unpaired) electrons. The zero-order chi connectivity index (χ0) is 10.7. The van der Waals surface area contributed by atoms with Crippen molar-refractivity contribution in [3.05, 3.63) is 36.4 Å². The number of aromatic nitrogens is 4. The lowest BCUT2D eigenvalue weighted by molar-refractivity contribution is 0.631. The molecule has 0 atom stereocenters. The summed E-state index contributed by atoms with van der Waals surface area (Å²) in [4.78, 5) is 8.48. The molecular weight excluding hydrogens is 190 g/mol. The molecule has 5 nitrogen and oxygen atoms in total. The molecule has 0 fully saturated rings. The van der Waals surface area contributed by atoms with E-state index in [0.29, 0.717) is 6.54 Å². The molecule has 0 unspecified atom stereocenters. The standard InChI is InChI=1S/C10H15N5/c1-2-14-5-3-13-10(14)8-15-6-4-12-9(15)7-11/h3-6H,2,7-8,11H2,1H3. The number of imidazole rings is 2. The topological polar surface area (TPSA) is 61.7 Å². The van der Waals surface area contributed by atoms with E-state index < -0.39 is 0 Å². The van der Waals surface area contributed by atoms with Crippen molar-refractivity contribution in [2.75, 3.05) is 0 Å². The van der Waals surface area contributed by atoms with Gasteiger partial charge in [0.2, 0.25) is 0 Å². The van der Waals surface area contributed by atoms with Crippen molar-refractivity contribution in [3.63, 3.8) is 0 Å². The molecule has 15 heavy (non-hydrogen) atoms. The molecule has 2 aromatic rings. The van der Waals surface area contributed by atoms with Gasteiger partial charge in [-0.15, -0.1) is 0 Å². The highest BCUT2D eigenvalue weighted by Crippen LogP contribution is 2.03. The minimum atomic E-state index is 0.458. The van der Waals surface area contributed by atoms with Gasteiger partial charge in [-0.3, -0.25) is 0 Å². The molecule has 0 aliphatic heterocycles. The van der Waals surface area contributed by atoms with Crippen LogP contribution >= 0.6 is 0 Å². The Balaban J connectivity index is 2.21. The molecule has 0 aliphatic rings. The SMILES string of the molecule is CCn1ccnc1Cn1ccnc1CN. The Labute approximate surface area is 88.6 Å². The van der Waals surface area contributed by atoms with Crippen LogP contribution < -0.4 is 5.73 Å². The molecule has 0 amide bonds. The third kappa shape index (κ3) is 1.92. The van der Waals surface area contributed by atoms with E-state index in [4.69, 9.17) is 5.73 Å². The third-order valence-electron chi connectivity index (χ3n) is 2.44. The molecule has 0 bridgehead atoms. The Morgan fingerprint density at radius 3 is 2.47 bits per heavy atom. The normalized spacial score (nSPS) is 10.8. The van der Waals surface area contributed by atoms with Crippen LogP contribution in [0.1, 0.15) is 18.6 Å². The maximum atomic E-state index is 5.58. The fourth-order valence-corrected chi connectivity index (χ4v) is 1.61. The highest BCUT2D eigenvalue weighted by molar-refractivity contribution is 4.99. The van der Waals surface area contributed by atoms with Crippen LogP contribution in [0.4, 0.5) is 0 Å². The van der Waals surface area contributed by atoms with Crippen molar-refractivity contribution in [1.82, 2.24) is 19.1 Å². The maximum absolute atomic E-state index is 5.58. The van der Waals surface area contributed by atoms with Gasteiger partial charge in [0.25, 0.3) is 0 Å². The van der Waals surface area contributed by atoms with Gasteiger partial charge in [0.05, 0.1) is 13.1 Å². The Bertz CT molecular complexity index is 388. The molecule has 2 heterocycles. The third-order valence-corrected chi connectivity index (χ3v) is 2.44. The average Bonchev–Trinajstić information content (AvgIpc) is 2.87. The average molecular weight is 205 g/mol. The second kappa shape index (κ2) is 4.27. The molecule has 2 N–H and O–H groups in total. The number of aryl methyl sites for hydroxylation is 1. The van der Waals surface area contributed by atoms with E-state index >= 15 is 0 Å². The summed E-state index contributed by atoms with van der Waals surface area (Å²) in [7, 11) is 0. The van der Waals surface area contributed by atoms with Crippen molar-refractivity contribution < 1.29 is 0 Å². The quantitative estimate of drug-likeness (QED) is 0.795. The van der Waals surface area contributed by atoms with Crippen molar-refractivity contribution in [1.29, 1.82) is 0 Å². The van der Waals surface area contributed by atoms with Crippen molar-refractivity contribution in [2.24, 2.45) is 5.73 Å². The molecule has 2 aromatic heterocycles. The van der Waals surface area contributed by atoms with Gasteiger partial charge in [0.15, 0.2) is 0 Å².